The maximum atomic E-state index is 10.1. The standard InChI is InChI=1S/C17H30O/c1-2-3-4-5-6-7-8-9-10-11-12-13-14-15-16-17-18/h6-7,9-10,17H,2-5,8,11-16H2,1H3/b7-6?,10-9-. The average molecular weight is 250 g/mol. The van der Waals surface area contributed by atoms with Gasteiger partial charge in [-0.1, -0.05) is 56.9 Å². The summed E-state index contributed by atoms with van der Waals surface area (Å²) in [6.07, 6.45) is 23.2. The Morgan fingerprint density at radius 2 is 1.22 bits per heavy atom. The first-order chi connectivity index (χ1) is 8.91. The van der Waals surface area contributed by atoms with Crippen molar-refractivity contribution < 1.29 is 4.79 Å². The molecule has 0 radical (unpaired) electrons. The molecule has 0 N–H and O–H groups in total. The highest BCUT2D eigenvalue weighted by atomic mass is 16.1. The molecule has 18 heavy (non-hydrogen) atoms. The normalized spacial score (nSPS) is 11.6. The van der Waals surface area contributed by atoms with Crippen molar-refractivity contribution in [3.63, 3.8) is 0 Å². The van der Waals surface area contributed by atoms with Gasteiger partial charge in [0.1, 0.15) is 6.29 Å². The second kappa shape index (κ2) is 16.1. The zero-order valence-corrected chi connectivity index (χ0v) is 12.1. The first-order valence-corrected chi connectivity index (χ1v) is 7.65. The molecule has 0 aliphatic carbocycles. The van der Waals surface area contributed by atoms with Crippen molar-refractivity contribution >= 4 is 6.29 Å². The molecule has 0 heterocycles. The maximum Gasteiger partial charge on any atom is 0.119 e. The topological polar surface area (TPSA) is 17.1 Å². The van der Waals surface area contributed by atoms with Crippen LogP contribution in [0.5, 0.6) is 0 Å². The van der Waals surface area contributed by atoms with Gasteiger partial charge in [0.25, 0.3) is 0 Å². The summed E-state index contributed by atoms with van der Waals surface area (Å²) < 4.78 is 0. The average Bonchev–Trinajstić information content (AvgIpc) is 2.39. The Hall–Kier alpha value is -0.850. The van der Waals surface area contributed by atoms with E-state index in [0.717, 1.165) is 25.5 Å². The van der Waals surface area contributed by atoms with Crippen LogP contribution in [0.25, 0.3) is 0 Å². The van der Waals surface area contributed by atoms with Crippen LogP contribution in [0.2, 0.25) is 0 Å². The molecule has 0 rings (SSSR count). The van der Waals surface area contributed by atoms with Gasteiger partial charge in [-0.15, -0.1) is 0 Å². The molecule has 1 heteroatoms. The summed E-state index contributed by atoms with van der Waals surface area (Å²) in [6.45, 7) is 2.24. The van der Waals surface area contributed by atoms with Gasteiger partial charge in [-0.2, -0.15) is 0 Å². The van der Waals surface area contributed by atoms with Gasteiger partial charge in [-0.25, -0.2) is 0 Å². The third-order valence-corrected chi connectivity index (χ3v) is 3.02. The molecule has 0 aliphatic heterocycles. The van der Waals surface area contributed by atoms with Gasteiger partial charge in [-0.3, -0.25) is 0 Å². The number of rotatable bonds is 13. The van der Waals surface area contributed by atoms with E-state index in [9.17, 15) is 4.79 Å². The Balaban J connectivity index is 3.15. The van der Waals surface area contributed by atoms with Crippen LogP contribution in [0, 0.1) is 0 Å². The number of hydrogen-bond donors (Lipinski definition) is 0. The largest absolute Gasteiger partial charge is 0.303 e. The summed E-state index contributed by atoms with van der Waals surface area (Å²) in [4.78, 5) is 10.1. The first kappa shape index (κ1) is 17.2. The minimum absolute atomic E-state index is 0.735. The number of hydrogen-bond acceptors (Lipinski definition) is 1. The Bertz CT molecular complexity index is 216. The molecule has 0 atom stereocenters. The lowest BCUT2D eigenvalue weighted by atomic mass is 10.1. The van der Waals surface area contributed by atoms with E-state index in [4.69, 9.17) is 0 Å². The van der Waals surface area contributed by atoms with Crippen LogP contribution in [0.1, 0.15) is 77.6 Å². The molecule has 0 unspecified atom stereocenters. The van der Waals surface area contributed by atoms with Crippen molar-refractivity contribution in [3.05, 3.63) is 24.3 Å². The molecule has 0 saturated heterocycles. The third-order valence-electron chi connectivity index (χ3n) is 3.02. The van der Waals surface area contributed by atoms with E-state index < -0.39 is 0 Å². The van der Waals surface area contributed by atoms with E-state index >= 15 is 0 Å². The number of unbranched alkanes of at least 4 members (excludes halogenated alkanes) is 8. The maximum absolute atomic E-state index is 10.1. The van der Waals surface area contributed by atoms with Crippen LogP contribution in [-0.4, -0.2) is 6.29 Å². The lowest BCUT2D eigenvalue weighted by Gasteiger charge is -1.95. The summed E-state index contributed by atoms with van der Waals surface area (Å²) in [6, 6.07) is 0. The molecule has 0 amide bonds. The molecule has 0 aromatic carbocycles. The van der Waals surface area contributed by atoms with E-state index in [-0.39, 0.29) is 0 Å². The second-order valence-corrected chi connectivity index (χ2v) is 4.83. The van der Waals surface area contributed by atoms with Crippen molar-refractivity contribution in [3.8, 4) is 0 Å². The van der Waals surface area contributed by atoms with E-state index in [2.05, 4.69) is 31.2 Å². The molecule has 0 aromatic heterocycles. The lowest BCUT2D eigenvalue weighted by molar-refractivity contribution is -0.107. The van der Waals surface area contributed by atoms with Gasteiger partial charge in [0.2, 0.25) is 0 Å². The number of aldehydes is 1. The predicted molar refractivity (Wildman–Crippen MR) is 80.8 cm³/mol. The van der Waals surface area contributed by atoms with E-state index in [1.807, 2.05) is 0 Å². The summed E-state index contributed by atoms with van der Waals surface area (Å²) in [5.74, 6) is 0. The van der Waals surface area contributed by atoms with Crippen molar-refractivity contribution in [2.75, 3.05) is 0 Å². The molecule has 0 aliphatic rings. The fourth-order valence-corrected chi connectivity index (χ4v) is 1.86. The first-order valence-electron chi connectivity index (χ1n) is 7.65. The summed E-state index contributed by atoms with van der Waals surface area (Å²) in [5, 5.41) is 0. The third kappa shape index (κ3) is 15.1. The Labute approximate surface area is 113 Å². The minimum Gasteiger partial charge on any atom is -0.303 e. The van der Waals surface area contributed by atoms with Gasteiger partial charge in [0, 0.05) is 6.42 Å². The van der Waals surface area contributed by atoms with Gasteiger partial charge < -0.3 is 4.79 Å². The molecule has 0 fully saturated rings. The Morgan fingerprint density at radius 1 is 0.667 bits per heavy atom. The highest BCUT2D eigenvalue weighted by Gasteiger charge is 1.87. The summed E-state index contributed by atoms with van der Waals surface area (Å²) in [5.41, 5.74) is 0. The Morgan fingerprint density at radius 3 is 1.78 bits per heavy atom. The molecule has 104 valence electrons. The van der Waals surface area contributed by atoms with Crippen LogP contribution < -0.4 is 0 Å². The molecule has 0 aromatic rings. The quantitative estimate of drug-likeness (QED) is 0.236. The Kier molecular flexibility index (Phi) is 15.4. The SMILES string of the molecule is CCCCCC=CC/C=C\CCCCCCC=O. The van der Waals surface area contributed by atoms with Gasteiger partial charge in [0.05, 0.1) is 0 Å². The van der Waals surface area contributed by atoms with Crippen molar-refractivity contribution in [1.29, 1.82) is 0 Å². The predicted octanol–water partition coefficient (Wildman–Crippen LogP) is 5.61. The van der Waals surface area contributed by atoms with Crippen LogP contribution in [-0.2, 0) is 4.79 Å². The molecule has 0 spiro atoms. The van der Waals surface area contributed by atoms with E-state index in [0.29, 0.717) is 0 Å². The van der Waals surface area contributed by atoms with E-state index in [1.54, 1.807) is 0 Å². The van der Waals surface area contributed by atoms with Crippen LogP contribution >= 0.6 is 0 Å². The summed E-state index contributed by atoms with van der Waals surface area (Å²) >= 11 is 0. The molecule has 0 bridgehead atoms. The minimum atomic E-state index is 0.735. The number of allylic oxidation sites excluding steroid dienone is 4. The fraction of sp³-hybridized carbons (Fsp3) is 0.706. The zero-order chi connectivity index (χ0) is 13.3. The van der Waals surface area contributed by atoms with Crippen molar-refractivity contribution in [1.82, 2.24) is 0 Å². The second-order valence-electron chi connectivity index (χ2n) is 4.83. The highest BCUT2D eigenvalue weighted by Crippen LogP contribution is 2.05. The molecule has 1 nitrogen and oxygen atoms in total. The van der Waals surface area contributed by atoms with Crippen molar-refractivity contribution in [2.45, 2.75) is 77.6 Å². The van der Waals surface area contributed by atoms with Gasteiger partial charge >= 0.3 is 0 Å². The highest BCUT2D eigenvalue weighted by molar-refractivity contribution is 5.48. The van der Waals surface area contributed by atoms with Crippen molar-refractivity contribution in [2.24, 2.45) is 0 Å². The fourth-order valence-electron chi connectivity index (χ4n) is 1.86. The number of carbonyl (C=O) groups excluding carboxylic acids is 1. The van der Waals surface area contributed by atoms with E-state index in [1.165, 1.54) is 51.4 Å². The molecule has 0 saturated carbocycles. The number of carbonyl (C=O) groups is 1. The zero-order valence-electron chi connectivity index (χ0n) is 12.1. The molecular formula is C17H30O. The monoisotopic (exact) mass is 250 g/mol. The molecular weight excluding hydrogens is 220 g/mol. The van der Waals surface area contributed by atoms with Crippen LogP contribution in [0.3, 0.4) is 0 Å². The van der Waals surface area contributed by atoms with Crippen LogP contribution in [0.15, 0.2) is 24.3 Å². The summed E-state index contributed by atoms with van der Waals surface area (Å²) in [7, 11) is 0. The lowest BCUT2D eigenvalue weighted by Crippen LogP contribution is -1.79. The van der Waals surface area contributed by atoms with Crippen LogP contribution in [0.4, 0.5) is 0 Å². The van der Waals surface area contributed by atoms with Gasteiger partial charge in [-0.05, 0) is 38.5 Å². The van der Waals surface area contributed by atoms with Gasteiger partial charge in [0.15, 0.2) is 0 Å². The smallest absolute Gasteiger partial charge is 0.119 e.